The van der Waals surface area contributed by atoms with Gasteiger partial charge in [0.2, 0.25) is 0 Å². The fraction of sp³-hybridized carbons (Fsp3) is 0.267. The maximum Gasteiger partial charge on any atom is 0.130 e. The lowest BCUT2D eigenvalue weighted by Gasteiger charge is -2.09. The minimum atomic E-state index is 0.720. The van der Waals surface area contributed by atoms with Crippen LogP contribution in [0.2, 0.25) is 5.02 Å². The molecule has 0 saturated heterocycles. The van der Waals surface area contributed by atoms with Gasteiger partial charge in [0, 0.05) is 23.8 Å². The molecule has 0 aliphatic heterocycles. The van der Waals surface area contributed by atoms with Crippen molar-refractivity contribution >= 4 is 11.6 Å². The Hall–Kier alpha value is -1.58. The van der Waals surface area contributed by atoms with Gasteiger partial charge in [0.05, 0.1) is 5.69 Å². The number of halogens is 1. The molecule has 1 aromatic carbocycles. The smallest absolute Gasteiger partial charge is 0.130 e. The molecule has 0 bridgehead atoms. The van der Waals surface area contributed by atoms with Gasteiger partial charge in [-0.05, 0) is 43.3 Å². The van der Waals surface area contributed by atoms with Gasteiger partial charge in [-0.3, -0.25) is 4.98 Å². The van der Waals surface area contributed by atoms with E-state index >= 15 is 0 Å². The second-order valence-corrected chi connectivity index (χ2v) is 4.63. The van der Waals surface area contributed by atoms with E-state index in [0.29, 0.717) is 0 Å². The molecule has 0 aliphatic carbocycles. The van der Waals surface area contributed by atoms with E-state index < -0.39 is 0 Å². The highest BCUT2D eigenvalue weighted by atomic mass is 35.5. The average molecular weight is 277 g/mol. The summed E-state index contributed by atoms with van der Waals surface area (Å²) in [4.78, 5) is 4.25. The molecule has 0 spiro atoms. The molecule has 0 unspecified atom stereocenters. The van der Waals surface area contributed by atoms with Crippen molar-refractivity contribution in [2.75, 3.05) is 7.05 Å². The molecule has 0 fully saturated rings. The number of benzene rings is 1. The number of aromatic nitrogens is 1. The summed E-state index contributed by atoms with van der Waals surface area (Å²) in [6.07, 6.45) is 2.63. The predicted molar refractivity (Wildman–Crippen MR) is 77.9 cm³/mol. The zero-order valence-electron chi connectivity index (χ0n) is 11.1. The molecule has 0 saturated carbocycles. The van der Waals surface area contributed by atoms with Crippen molar-refractivity contribution in [1.82, 2.24) is 10.3 Å². The van der Waals surface area contributed by atoms with E-state index in [0.717, 1.165) is 40.7 Å². The average Bonchev–Trinajstić information content (AvgIpc) is 2.42. The Bertz CT molecular complexity index is 558. The maximum absolute atomic E-state index is 6.09. The number of nitrogens with zero attached hydrogens (tertiary/aromatic N) is 1. The number of aryl methyl sites for hydroxylation is 1. The molecular formula is C15H17ClN2O. The lowest BCUT2D eigenvalue weighted by Crippen LogP contribution is -2.06. The van der Waals surface area contributed by atoms with Crippen molar-refractivity contribution in [3.05, 3.63) is 52.8 Å². The van der Waals surface area contributed by atoms with Crippen molar-refractivity contribution in [2.45, 2.75) is 19.9 Å². The third kappa shape index (κ3) is 3.69. The van der Waals surface area contributed by atoms with Crippen LogP contribution in [0.15, 0.2) is 36.5 Å². The maximum atomic E-state index is 6.09. The minimum absolute atomic E-state index is 0.720. The predicted octanol–water partition coefficient (Wildman–Crippen LogP) is 3.81. The summed E-state index contributed by atoms with van der Waals surface area (Å²) in [5, 5.41) is 3.84. The first-order valence-electron chi connectivity index (χ1n) is 6.28. The summed E-state index contributed by atoms with van der Waals surface area (Å²) in [7, 11) is 1.89. The normalized spacial score (nSPS) is 10.5. The fourth-order valence-corrected chi connectivity index (χ4v) is 2.07. The number of rotatable bonds is 5. The first-order chi connectivity index (χ1) is 9.22. The second-order valence-electron chi connectivity index (χ2n) is 4.22. The topological polar surface area (TPSA) is 34.1 Å². The van der Waals surface area contributed by atoms with Crippen molar-refractivity contribution in [3.8, 4) is 11.5 Å². The van der Waals surface area contributed by atoms with Crippen molar-refractivity contribution < 1.29 is 4.74 Å². The molecule has 0 radical (unpaired) electrons. The standard InChI is InChI=1S/C15H17ClN2O/c1-3-11-8-13(4-5-15(11)16)19-14-6-7-18-12(9-14)10-17-2/h4-9,17H,3,10H2,1-2H3. The SMILES string of the molecule is CCc1cc(Oc2ccnc(CNC)c2)ccc1Cl. The first kappa shape index (κ1) is 13.8. The number of pyridine rings is 1. The van der Waals surface area contributed by atoms with Crippen LogP contribution >= 0.6 is 11.6 Å². The fourth-order valence-electron chi connectivity index (χ4n) is 1.82. The Labute approximate surface area is 118 Å². The zero-order valence-corrected chi connectivity index (χ0v) is 11.9. The Kier molecular flexibility index (Phi) is 4.77. The monoisotopic (exact) mass is 276 g/mol. The highest BCUT2D eigenvalue weighted by Crippen LogP contribution is 2.26. The summed E-state index contributed by atoms with van der Waals surface area (Å²) in [5.41, 5.74) is 2.04. The molecule has 2 aromatic rings. The van der Waals surface area contributed by atoms with E-state index in [9.17, 15) is 0 Å². The minimum Gasteiger partial charge on any atom is -0.457 e. The highest BCUT2D eigenvalue weighted by Gasteiger charge is 2.03. The Morgan fingerprint density at radius 2 is 2.00 bits per heavy atom. The van der Waals surface area contributed by atoms with E-state index in [4.69, 9.17) is 16.3 Å². The van der Waals surface area contributed by atoms with Gasteiger partial charge in [0.25, 0.3) is 0 Å². The summed E-state index contributed by atoms with van der Waals surface area (Å²) in [6, 6.07) is 9.49. The van der Waals surface area contributed by atoms with E-state index in [-0.39, 0.29) is 0 Å². The molecule has 0 amide bonds. The number of ether oxygens (including phenoxy) is 1. The van der Waals surface area contributed by atoms with Gasteiger partial charge in [-0.2, -0.15) is 0 Å². The molecule has 0 atom stereocenters. The van der Waals surface area contributed by atoms with Crippen LogP contribution in [0.25, 0.3) is 0 Å². The summed E-state index contributed by atoms with van der Waals surface area (Å²) in [6.45, 7) is 2.79. The largest absolute Gasteiger partial charge is 0.457 e. The van der Waals surface area contributed by atoms with Crippen LogP contribution in [0.4, 0.5) is 0 Å². The Morgan fingerprint density at radius 1 is 1.21 bits per heavy atom. The molecule has 3 nitrogen and oxygen atoms in total. The lowest BCUT2D eigenvalue weighted by molar-refractivity contribution is 0.480. The van der Waals surface area contributed by atoms with Gasteiger partial charge in [-0.15, -0.1) is 0 Å². The van der Waals surface area contributed by atoms with Crippen LogP contribution in [0.3, 0.4) is 0 Å². The van der Waals surface area contributed by atoms with Gasteiger partial charge in [0.15, 0.2) is 0 Å². The van der Waals surface area contributed by atoms with Gasteiger partial charge >= 0.3 is 0 Å². The molecule has 1 heterocycles. The van der Waals surface area contributed by atoms with Gasteiger partial charge in [-0.25, -0.2) is 0 Å². The molecule has 1 aromatic heterocycles. The van der Waals surface area contributed by atoms with Gasteiger partial charge in [0.1, 0.15) is 11.5 Å². The second kappa shape index (κ2) is 6.55. The van der Waals surface area contributed by atoms with Gasteiger partial charge < -0.3 is 10.1 Å². The molecule has 0 aliphatic rings. The van der Waals surface area contributed by atoms with Gasteiger partial charge in [-0.1, -0.05) is 18.5 Å². The first-order valence-corrected chi connectivity index (χ1v) is 6.66. The third-order valence-corrected chi connectivity index (χ3v) is 3.15. The molecule has 4 heteroatoms. The van der Waals surface area contributed by atoms with E-state index in [1.54, 1.807) is 6.20 Å². The van der Waals surface area contributed by atoms with Crippen LogP contribution in [0.1, 0.15) is 18.2 Å². The zero-order chi connectivity index (χ0) is 13.7. The summed E-state index contributed by atoms with van der Waals surface area (Å²) >= 11 is 6.09. The van der Waals surface area contributed by atoms with Crippen molar-refractivity contribution in [1.29, 1.82) is 0 Å². The van der Waals surface area contributed by atoms with Crippen LogP contribution in [-0.4, -0.2) is 12.0 Å². The Balaban J connectivity index is 2.18. The number of nitrogens with one attached hydrogen (secondary N) is 1. The highest BCUT2D eigenvalue weighted by molar-refractivity contribution is 6.31. The molecule has 100 valence electrons. The van der Waals surface area contributed by atoms with E-state index in [1.165, 1.54) is 0 Å². The van der Waals surface area contributed by atoms with Crippen LogP contribution in [0, 0.1) is 0 Å². The molecule has 1 N–H and O–H groups in total. The van der Waals surface area contributed by atoms with E-state index in [1.807, 2.05) is 37.4 Å². The Morgan fingerprint density at radius 3 is 2.74 bits per heavy atom. The summed E-state index contributed by atoms with van der Waals surface area (Å²) in [5.74, 6) is 1.58. The van der Waals surface area contributed by atoms with Crippen LogP contribution in [-0.2, 0) is 13.0 Å². The lowest BCUT2D eigenvalue weighted by atomic mass is 10.1. The number of hydrogen-bond donors (Lipinski definition) is 1. The van der Waals surface area contributed by atoms with Crippen molar-refractivity contribution in [3.63, 3.8) is 0 Å². The third-order valence-electron chi connectivity index (χ3n) is 2.78. The molecule has 2 rings (SSSR count). The van der Waals surface area contributed by atoms with Crippen molar-refractivity contribution in [2.24, 2.45) is 0 Å². The molecular weight excluding hydrogens is 260 g/mol. The summed E-state index contributed by atoms with van der Waals surface area (Å²) < 4.78 is 5.84. The van der Waals surface area contributed by atoms with Crippen LogP contribution in [0.5, 0.6) is 11.5 Å². The quantitative estimate of drug-likeness (QED) is 0.902. The van der Waals surface area contributed by atoms with E-state index in [2.05, 4.69) is 17.2 Å². The molecule has 19 heavy (non-hydrogen) atoms. The number of hydrogen-bond acceptors (Lipinski definition) is 3. The van der Waals surface area contributed by atoms with Crippen LogP contribution < -0.4 is 10.1 Å².